The van der Waals surface area contributed by atoms with E-state index in [2.05, 4.69) is 5.32 Å². The van der Waals surface area contributed by atoms with E-state index >= 15 is 0 Å². The largest absolute Gasteiger partial charge is 0.372 e. The minimum atomic E-state index is -0.880. The van der Waals surface area contributed by atoms with E-state index in [9.17, 15) is 14.0 Å². The number of nitrogens with one attached hydrogen (secondary N) is 1. The zero-order valence-corrected chi connectivity index (χ0v) is 15.8. The highest BCUT2D eigenvalue weighted by atomic mass is 19.1. The van der Waals surface area contributed by atoms with Crippen LogP contribution >= 0.6 is 0 Å². The predicted octanol–water partition coefficient (Wildman–Crippen LogP) is 3.42. The van der Waals surface area contributed by atoms with Crippen LogP contribution in [0.2, 0.25) is 0 Å². The second-order valence-corrected chi connectivity index (χ2v) is 7.31. The Morgan fingerprint density at radius 3 is 2.75 bits per heavy atom. The SMILES string of the molecule is CCCOCC(=O)N1CC[C@]2(C(=O)Nc3ccccc32)[C@@H]1c1ccc(F)cc1. The first kappa shape index (κ1) is 18.6. The van der Waals surface area contributed by atoms with E-state index in [0.717, 1.165) is 23.2 Å². The summed E-state index contributed by atoms with van der Waals surface area (Å²) in [6.07, 6.45) is 1.34. The molecule has 1 N–H and O–H groups in total. The van der Waals surface area contributed by atoms with Crippen LogP contribution in [0, 0.1) is 5.82 Å². The Hall–Kier alpha value is -2.73. The van der Waals surface area contributed by atoms with Crippen molar-refractivity contribution in [1.82, 2.24) is 4.90 Å². The highest BCUT2D eigenvalue weighted by Gasteiger charge is 2.59. The van der Waals surface area contributed by atoms with Gasteiger partial charge in [0.05, 0.1) is 6.04 Å². The number of likely N-dealkylation sites (tertiary alicyclic amines) is 1. The minimum Gasteiger partial charge on any atom is -0.372 e. The Balaban J connectivity index is 1.78. The van der Waals surface area contributed by atoms with E-state index in [1.807, 2.05) is 31.2 Å². The van der Waals surface area contributed by atoms with Crippen molar-refractivity contribution < 1.29 is 18.7 Å². The summed E-state index contributed by atoms with van der Waals surface area (Å²) in [5.41, 5.74) is 1.53. The van der Waals surface area contributed by atoms with Gasteiger partial charge in [0.25, 0.3) is 0 Å². The molecule has 0 saturated carbocycles. The van der Waals surface area contributed by atoms with Crippen LogP contribution in [0.15, 0.2) is 48.5 Å². The number of para-hydroxylation sites is 1. The smallest absolute Gasteiger partial charge is 0.249 e. The lowest BCUT2D eigenvalue weighted by Crippen LogP contribution is -2.43. The van der Waals surface area contributed by atoms with Crippen LogP contribution in [-0.4, -0.2) is 36.5 Å². The molecule has 28 heavy (non-hydrogen) atoms. The number of rotatable bonds is 5. The second-order valence-electron chi connectivity index (χ2n) is 7.31. The lowest BCUT2D eigenvalue weighted by Gasteiger charge is -2.34. The first-order chi connectivity index (χ1) is 13.6. The standard InChI is InChI=1S/C22H23FN2O3/c1-2-13-28-14-19(26)25-12-11-22(20(25)15-7-9-16(23)10-8-15)17-5-3-4-6-18(17)24-21(22)27/h3-10,20H,2,11-14H2,1H3,(H,24,27)/t20-,22+/m0/s1. The number of halogens is 1. The van der Waals surface area contributed by atoms with Crippen LogP contribution in [0.4, 0.5) is 10.1 Å². The van der Waals surface area contributed by atoms with E-state index < -0.39 is 11.5 Å². The van der Waals surface area contributed by atoms with Crippen molar-refractivity contribution in [2.24, 2.45) is 0 Å². The summed E-state index contributed by atoms with van der Waals surface area (Å²) in [7, 11) is 0. The molecule has 2 atom stereocenters. The monoisotopic (exact) mass is 382 g/mol. The minimum absolute atomic E-state index is 0.0229. The highest BCUT2D eigenvalue weighted by molar-refractivity contribution is 6.07. The molecule has 0 bridgehead atoms. The van der Waals surface area contributed by atoms with E-state index in [0.29, 0.717) is 19.6 Å². The number of hydrogen-bond acceptors (Lipinski definition) is 3. The normalized spacial score (nSPS) is 23.1. The molecule has 0 aromatic heterocycles. The van der Waals surface area contributed by atoms with Crippen LogP contribution in [0.5, 0.6) is 0 Å². The van der Waals surface area contributed by atoms with Gasteiger partial charge in [-0.05, 0) is 42.2 Å². The number of anilines is 1. The van der Waals surface area contributed by atoms with Crippen molar-refractivity contribution in [3.63, 3.8) is 0 Å². The van der Waals surface area contributed by atoms with Crippen LogP contribution in [0.1, 0.15) is 36.9 Å². The maximum atomic E-state index is 13.5. The number of amides is 2. The Bertz CT molecular complexity index is 899. The zero-order valence-electron chi connectivity index (χ0n) is 15.8. The number of hydrogen-bond donors (Lipinski definition) is 1. The molecule has 1 spiro atoms. The lowest BCUT2D eigenvalue weighted by atomic mass is 9.72. The third-order valence-electron chi connectivity index (χ3n) is 5.67. The van der Waals surface area contributed by atoms with Gasteiger partial charge in [0, 0.05) is 18.8 Å². The molecule has 1 saturated heterocycles. The Morgan fingerprint density at radius 2 is 2.00 bits per heavy atom. The molecule has 1 fully saturated rings. The third kappa shape index (κ3) is 2.88. The van der Waals surface area contributed by atoms with Gasteiger partial charge in [-0.1, -0.05) is 37.3 Å². The first-order valence-electron chi connectivity index (χ1n) is 9.61. The molecule has 2 heterocycles. The molecule has 2 aliphatic rings. The predicted molar refractivity (Wildman–Crippen MR) is 103 cm³/mol. The molecule has 4 rings (SSSR count). The topological polar surface area (TPSA) is 58.6 Å². The number of carbonyl (C=O) groups excluding carboxylic acids is 2. The summed E-state index contributed by atoms with van der Waals surface area (Å²) < 4.78 is 19.0. The molecule has 2 aromatic rings. The van der Waals surface area contributed by atoms with E-state index in [1.165, 1.54) is 12.1 Å². The molecule has 0 radical (unpaired) electrons. The van der Waals surface area contributed by atoms with Crippen molar-refractivity contribution in [2.45, 2.75) is 31.2 Å². The van der Waals surface area contributed by atoms with Gasteiger partial charge >= 0.3 is 0 Å². The first-order valence-corrected chi connectivity index (χ1v) is 9.61. The zero-order chi connectivity index (χ0) is 19.7. The molecule has 2 aromatic carbocycles. The molecular weight excluding hydrogens is 359 g/mol. The fraction of sp³-hybridized carbons (Fsp3) is 0.364. The van der Waals surface area contributed by atoms with E-state index in [4.69, 9.17) is 4.74 Å². The Labute approximate surface area is 163 Å². The fourth-order valence-electron chi connectivity index (χ4n) is 4.45. The molecule has 146 valence electrons. The maximum Gasteiger partial charge on any atom is 0.249 e. The second kappa shape index (κ2) is 7.36. The molecule has 0 aliphatic carbocycles. The van der Waals surface area contributed by atoms with Gasteiger partial charge in [0.2, 0.25) is 11.8 Å². The van der Waals surface area contributed by atoms with Crippen LogP contribution in [-0.2, 0) is 19.7 Å². The van der Waals surface area contributed by atoms with Crippen molar-refractivity contribution >= 4 is 17.5 Å². The van der Waals surface area contributed by atoms with E-state index in [-0.39, 0.29) is 24.2 Å². The van der Waals surface area contributed by atoms with Crippen LogP contribution in [0.25, 0.3) is 0 Å². The van der Waals surface area contributed by atoms with Gasteiger partial charge in [0.15, 0.2) is 0 Å². The number of benzene rings is 2. The fourth-order valence-corrected chi connectivity index (χ4v) is 4.45. The average Bonchev–Trinajstić information content (AvgIpc) is 3.23. The van der Waals surface area contributed by atoms with Crippen molar-refractivity contribution in [1.29, 1.82) is 0 Å². The molecule has 0 unspecified atom stereocenters. The lowest BCUT2D eigenvalue weighted by molar-refractivity contribution is -0.138. The van der Waals surface area contributed by atoms with Gasteiger partial charge < -0.3 is 15.0 Å². The summed E-state index contributed by atoms with van der Waals surface area (Å²) in [5, 5.41) is 2.97. The summed E-state index contributed by atoms with van der Waals surface area (Å²) in [6.45, 7) is 2.91. The van der Waals surface area contributed by atoms with Gasteiger partial charge in [-0.2, -0.15) is 0 Å². The highest BCUT2D eigenvalue weighted by Crippen LogP contribution is 2.54. The molecule has 5 nitrogen and oxygen atoms in total. The summed E-state index contributed by atoms with van der Waals surface area (Å²) in [5.74, 6) is -0.624. The number of nitrogens with zero attached hydrogens (tertiary/aromatic N) is 1. The maximum absolute atomic E-state index is 13.5. The molecular formula is C22H23FN2O3. The van der Waals surface area contributed by atoms with Gasteiger partial charge in [-0.3, -0.25) is 9.59 Å². The Kier molecular flexibility index (Phi) is 4.89. The van der Waals surface area contributed by atoms with Crippen LogP contribution < -0.4 is 5.32 Å². The van der Waals surface area contributed by atoms with Crippen molar-refractivity contribution in [3.05, 3.63) is 65.5 Å². The molecule has 2 amide bonds. The summed E-state index contributed by atoms with van der Waals surface area (Å²) >= 11 is 0. The van der Waals surface area contributed by atoms with Crippen LogP contribution in [0.3, 0.4) is 0 Å². The van der Waals surface area contributed by atoms with Gasteiger partial charge in [0.1, 0.15) is 17.8 Å². The van der Waals surface area contributed by atoms with Crippen molar-refractivity contribution in [3.8, 4) is 0 Å². The third-order valence-corrected chi connectivity index (χ3v) is 5.67. The van der Waals surface area contributed by atoms with Gasteiger partial charge in [-0.15, -0.1) is 0 Å². The van der Waals surface area contributed by atoms with E-state index in [1.54, 1.807) is 17.0 Å². The van der Waals surface area contributed by atoms with Gasteiger partial charge in [-0.25, -0.2) is 4.39 Å². The average molecular weight is 382 g/mol. The summed E-state index contributed by atoms with van der Waals surface area (Å²) in [6, 6.07) is 13.1. The summed E-state index contributed by atoms with van der Waals surface area (Å²) in [4.78, 5) is 27.8. The quantitative estimate of drug-likeness (QED) is 0.807. The molecule has 6 heteroatoms. The Morgan fingerprint density at radius 1 is 1.25 bits per heavy atom. The number of ether oxygens (including phenoxy) is 1. The molecule has 2 aliphatic heterocycles. The number of fused-ring (bicyclic) bond motifs is 2. The van der Waals surface area contributed by atoms with Crippen molar-refractivity contribution in [2.75, 3.05) is 25.1 Å². The number of carbonyl (C=O) groups is 2.